The van der Waals surface area contributed by atoms with Gasteiger partial charge in [0.1, 0.15) is 0 Å². The third-order valence-electron chi connectivity index (χ3n) is 13.2. The molecule has 13 aromatic rings. The lowest BCUT2D eigenvalue weighted by atomic mass is 9.96. The molecule has 2 nitrogen and oxygen atoms in total. The van der Waals surface area contributed by atoms with E-state index in [1.807, 2.05) is 11.3 Å². The first-order chi connectivity index (χ1) is 32.3. The molecule has 0 aliphatic rings. The molecular formula is C62H40N2S. The van der Waals surface area contributed by atoms with Gasteiger partial charge in [0.15, 0.2) is 0 Å². The number of thiophene rings is 1. The molecule has 0 atom stereocenters. The second-order valence-corrected chi connectivity index (χ2v) is 17.9. The highest BCUT2D eigenvalue weighted by Crippen LogP contribution is 2.47. The molecule has 0 aliphatic heterocycles. The Hall–Kier alpha value is -8.24. The highest BCUT2D eigenvalue weighted by Gasteiger charge is 2.22. The lowest BCUT2D eigenvalue weighted by Gasteiger charge is -2.26. The molecule has 3 heterocycles. The van der Waals surface area contributed by atoms with Gasteiger partial charge in [0, 0.05) is 54.1 Å². The fraction of sp³-hybridized carbons (Fsp3) is 0. The molecule has 0 radical (unpaired) electrons. The van der Waals surface area contributed by atoms with Gasteiger partial charge in [-0.3, -0.25) is 0 Å². The third kappa shape index (κ3) is 6.08. The predicted octanol–water partition coefficient (Wildman–Crippen LogP) is 17.9. The van der Waals surface area contributed by atoms with Crippen LogP contribution in [0.15, 0.2) is 243 Å². The Kier molecular flexibility index (Phi) is 8.75. The molecule has 0 N–H and O–H groups in total. The van der Waals surface area contributed by atoms with Crippen molar-refractivity contribution < 1.29 is 0 Å². The molecule has 304 valence electrons. The standard InChI is InChI=1S/C62H40N2S/c1-3-15-41(16-4-1)42-29-31-43(32-30-42)44-33-37-47(38-34-44)63(57-27-14-25-54-51-20-10-12-28-58(51)65-62(54)57)48-39-35-45(36-40-48)49-23-13-24-52-50-19-7-8-21-53(50)61-59(46-17-5-2-6-18-46)55-22-9-11-26-56(55)64(61)60(49)52/h1-40H. The van der Waals surface area contributed by atoms with Crippen LogP contribution in [0, 0.1) is 0 Å². The zero-order valence-corrected chi connectivity index (χ0v) is 36.2. The molecule has 0 unspecified atom stereocenters. The largest absolute Gasteiger partial charge is 0.309 e. The first-order valence-electron chi connectivity index (χ1n) is 22.3. The molecule has 0 spiro atoms. The normalized spacial score (nSPS) is 11.7. The number of fused-ring (bicyclic) bond motifs is 11. The van der Waals surface area contributed by atoms with Crippen molar-refractivity contribution in [2.45, 2.75) is 0 Å². The maximum Gasteiger partial charge on any atom is 0.0640 e. The number of hydrogen-bond donors (Lipinski definition) is 0. The fourth-order valence-corrected chi connectivity index (χ4v) is 11.4. The Morgan fingerprint density at radius 1 is 0.308 bits per heavy atom. The minimum absolute atomic E-state index is 1.10. The molecule has 3 heteroatoms. The van der Waals surface area contributed by atoms with Gasteiger partial charge in [-0.05, 0) is 81.2 Å². The Morgan fingerprint density at radius 2 is 0.785 bits per heavy atom. The maximum absolute atomic E-state index is 2.53. The monoisotopic (exact) mass is 844 g/mol. The van der Waals surface area contributed by atoms with E-state index in [4.69, 9.17) is 0 Å². The van der Waals surface area contributed by atoms with Gasteiger partial charge >= 0.3 is 0 Å². The van der Waals surface area contributed by atoms with Crippen molar-refractivity contribution in [3.05, 3.63) is 243 Å². The number of rotatable bonds is 7. The molecule has 0 bridgehead atoms. The van der Waals surface area contributed by atoms with Gasteiger partial charge < -0.3 is 9.30 Å². The zero-order chi connectivity index (χ0) is 42.8. The molecule has 3 aromatic heterocycles. The van der Waals surface area contributed by atoms with Gasteiger partial charge in [-0.1, -0.05) is 200 Å². The van der Waals surface area contributed by atoms with Crippen LogP contribution in [-0.2, 0) is 0 Å². The summed E-state index contributed by atoms with van der Waals surface area (Å²) in [5.74, 6) is 0. The average Bonchev–Trinajstić information content (AvgIpc) is 3.95. The van der Waals surface area contributed by atoms with Crippen molar-refractivity contribution >= 4 is 86.7 Å². The van der Waals surface area contributed by atoms with E-state index in [0.717, 1.165) is 11.4 Å². The van der Waals surface area contributed by atoms with Gasteiger partial charge in [0.25, 0.3) is 0 Å². The molecule has 0 aliphatic carbocycles. The number of hydrogen-bond acceptors (Lipinski definition) is 2. The number of benzene rings is 10. The van der Waals surface area contributed by atoms with E-state index in [0.29, 0.717) is 0 Å². The van der Waals surface area contributed by atoms with Crippen molar-refractivity contribution in [2.24, 2.45) is 0 Å². The number of pyridine rings is 1. The molecule has 0 saturated heterocycles. The number of nitrogens with zero attached hydrogens (tertiary/aromatic N) is 2. The molecule has 0 fully saturated rings. The van der Waals surface area contributed by atoms with Crippen LogP contribution in [0.5, 0.6) is 0 Å². The van der Waals surface area contributed by atoms with Crippen molar-refractivity contribution in [1.29, 1.82) is 0 Å². The van der Waals surface area contributed by atoms with E-state index in [-0.39, 0.29) is 0 Å². The van der Waals surface area contributed by atoms with Crippen LogP contribution in [0.1, 0.15) is 0 Å². The van der Waals surface area contributed by atoms with Gasteiger partial charge in [0.05, 0.1) is 26.9 Å². The smallest absolute Gasteiger partial charge is 0.0640 e. The molecule has 65 heavy (non-hydrogen) atoms. The summed E-state index contributed by atoms with van der Waals surface area (Å²) in [5.41, 5.74) is 16.7. The highest BCUT2D eigenvalue weighted by molar-refractivity contribution is 7.26. The molecular weight excluding hydrogens is 805 g/mol. The van der Waals surface area contributed by atoms with Crippen LogP contribution >= 0.6 is 11.3 Å². The lowest BCUT2D eigenvalue weighted by Crippen LogP contribution is -2.10. The average molecular weight is 845 g/mol. The zero-order valence-electron chi connectivity index (χ0n) is 35.4. The van der Waals surface area contributed by atoms with E-state index >= 15 is 0 Å². The summed E-state index contributed by atoms with van der Waals surface area (Å²) >= 11 is 1.87. The molecule has 0 saturated carbocycles. The Balaban J connectivity index is 0.977. The van der Waals surface area contributed by atoms with Gasteiger partial charge in [-0.15, -0.1) is 11.3 Å². The maximum atomic E-state index is 2.53. The summed E-state index contributed by atoms with van der Waals surface area (Å²) in [7, 11) is 0. The van der Waals surface area contributed by atoms with E-state index in [1.165, 1.54) is 108 Å². The second-order valence-electron chi connectivity index (χ2n) is 16.8. The SMILES string of the molecule is c1ccc(-c2ccc(-c3ccc(N(c4ccc(-c5cccc6c7ccccc7c7c(-c8ccccc8)c8ccccc8n7c56)cc4)c4cccc5c4sc4ccccc45)cc3)cc2)cc1. The topological polar surface area (TPSA) is 7.65 Å². The van der Waals surface area contributed by atoms with E-state index in [9.17, 15) is 0 Å². The summed E-state index contributed by atoms with van der Waals surface area (Å²) in [6.45, 7) is 0. The van der Waals surface area contributed by atoms with Crippen molar-refractivity contribution in [3.8, 4) is 44.5 Å². The van der Waals surface area contributed by atoms with Crippen LogP contribution in [0.2, 0.25) is 0 Å². The van der Waals surface area contributed by atoms with Crippen LogP contribution in [0.4, 0.5) is 17.1 Å². The summed E-state index contributed by atoms with van der Waals surface area (Å²) in [5, 5.41) is 7.57. The van der Waals surface area contributed by atoms with Gasteiger partial charge in [-0.25, -0.2) is 0 Å². The Bertz CT molecular complexity index is 3900. The molecule has 0 amide bonds. The van der Waals surface area contributed by atoms with Crippen molar-refractivity contribution in [2.75, 3.05) is 4.90 Å². The summed E-state index contributed by atoms with van der Waals surface area (Å²) in [6, 6.07) is 88.8. The first-order valence-corrected chi connectivity index (χ1v) is 23.1. The van der Waals surface area contributed by atoms with Crippen LogP contribution in [0.25, 0.3) is 103 Å². The minimum atomic E-state index is 1.10. The number of anilines is 3. The van der Waals surface area contributed by atoms with Crippen LogP contribution in [0.3, 0.4) is 0 Å². The third-order valence-corrected chi connectivity index (χ3v) is 14.4. The van der Waals surface area contributed by atoms with Gasteiger partial charge in [0.2, 0.25) is 0 Å². The summed E-state index contributed by atoms with van der Waals surface area (Å²) < 4.78 is 5.10. The van der Waals surface area contributed by atoms with Crippen molar-refractivity contribution in [1.82, 2.24) is 4.40 Å². The van der Waals surface area contributed by atoms with E-state index in [1.54, 1.807) is 0 Å². The Morgan fingerprint density at radius 3 is 1.48 bits per heavy atom. The van der Waals surface area contributed by atoms with E-state index in [2.05, 4.69) is 252 Å². The Labute approximate surface area is 381 Å². The van der Waals surface area contributed by atoms with E-state index < -0.39 is 0 Å². The molecule has 10 aromatic carbocycles. The minimum Gasteiger partial charge on any atom is -0.309 e. The highest BCUT2D eigenvalue weighted by atomic mass is 32.1. The number of aromatic nitrogens is 1. The van der Waals surface area contributed by atoms with Crippen molar-refractivity contribution in [3.63, 3.8) is 0 Å². The second kappa shape index (κ2) is 15.2. The quantitative estimate of drug-likeness (QED) is 0.145. The van der Waals surface area contributed by atoms with Crippen LogP contribution in [-0.4, -0.2) is 4.40 Å². The summed E-state index contributed by atoms with van der Waals surface area (Å²) in [6.07, 6.45) is 0. The number of para-hydroxylation sites is 2. The van der Waals surface area contributed by atoms with Crippen LogP contribution < -0.4 is 4.90 Å². The first kappa shape index (κ1) is 37.3. The predicted molar refractivity (Wildman–Crippen MR) is 279 cm³/mol. The fourth-order valence-electron chi connectivity index (χ4n) is 10.2. The lowest BCUT2D eigenvalue weighted by molar-refractivity contribution is 1.30. The summed E-state index contributed by atoms with van der Waals surface area (Å²) in [4.78, 5) is 2.43. The molecule has 13 rings (SSSR count). The van der Waals surface area contributed by atoms with Gasteiger partial charge in [-0.2, -0.15) is 0 Å².